The predicted molar refractivity (Wildman–Crippen MR) is 88.6 cm³/mol. The molecule has 5 nitrogen and oxygen atoms in total. The van der Waals surface area contributed by atoms with E-state index in [9.17, 15) is 18.0 Å². The number of aromatic amines is 1. The fourth-order valence-electron chi connectivity index (χ4n) is 3.01. The molecule has 0 spiro atoms. The zero-order valence-corrected chi connectivity index (χ0v) is 14.4. The van der Waals surface area contributed by atoms with Gasteiger partial charge < -0.3 is 14.8 Å². The van der Waals surface area contributed by atoms with Gasteiger partial charge in [-0.25, -0.2) is 4.98 Å². The summed E-state index contributed by atoms with van der Waals surface area (Å²) < 4.78 is 41.2. The van der Waals surface area contributed by atoms with Gasteiger partial charge in [0, 0.05) is 32.1 Å². The third-order valence-corrected chi connectivity index (χ3v) is 4.52. The molecule has 3 rings (SSSR count). The highest BCUT2D eigenvalue weighted by Crippen LogP contribution is 2.37. The minimum absolute atomic E-state index is 0.0368. The van der Waals surface area contributed by atoms with Crippen LogP contribution in [0.5, 0.6) is 0 Å². The Morgan fingerprint density at radius 3 is 2.40 bits per heavy atom. The highest BCUT2D eigenvalue weighted by molar-refractivity contribution is 6.00. The number of nitrogens with zero attached hydrogens (tertiary/aromatic N) is 3. The minimum Gasteiger partial charge on any atom is -0.342 e. The molecule has 1 aromatic heterocycles. The molecule has 2 heterocycles. The first-order chi connectivity index (χ1) is 11.7. The fourth-order valence-corrected chi connectivity index (χ4v) is 3.01. The maximum atomic E-state index is 13.7. The molecule has 136 valence electrons. The van der Waals surface area contributed by atoms with E-state index < -0.39 is 17.6 Å². The molecule has 1 aliphatic heterocycles. The molecule has 1 amide bonds. The quantitative estimate of drug-likeness (QED) is 0.902. The number of carbonyl (C=O) groups excluding carboxylic acids is 1. The lowest BCUT2D eigenvalue weighted by Crippen LogP contribution is -2.47. The standard InChI is InChI=1S/C17H21F3N4O/c1-10(2)15-21-12-5-4-11(13(14(12)22-15)17(18,19)20)16(25)24-8-6-23(3)7-9-24/h4-5,10H,6-9H2,1-3H3,(H,21,22). The van der Waals surface area contributed by atoms with Gasteiger partial charge in [-0.3, -0.25) is 4.79 Å². The second-order valence-corrected chi connectivity index (χ2v) is 6.75. The van der Waals surface area contributed by atoms with Gasteiger partial charge >= 0.3 is 6.18 Å². The van der Waals surface area contributed by atoms with Crippen LogP contribution in [0.15, 0.2) is 12.1 Å². The molecule has 1 N–H and O–H groups in total. The molecule has 1 fully saturated rings. The Morgan fingerprint density at radius 2 is 1.84 bits per heavy atom. The van der Waals surface area contributed by atoms with Crippen molar-refractivity contribution in [3.8, 4) is 0 Å². The summed E-state index contributed by atoms with van der Waals surface area (Å²) in [5.41, 5.74) is -1.16. The number of halogens is 3. The highest BCUT2D eigenvalue weighted by Gasteiger charge is 2.39. The van der Waals surface area contributed by atoms with Crippen LogP contribution in [0, 0.1) is 0 Å². The summed E-state index contributed by atoms with van der Waals surface area (Å²) in [7, 11) is 1.92. The number of benzene rings is 1. The van der Waals surface area contributed by atoms with Crippen LogP contribution in [0.25, 0.3) is 11.0 Å². The van der Waals surface area contributed by atoms with E-state index in [2.05, 4.69) is 9.97 Å². The second kappa shape index (κ2) is 6.33. The zero-order chi connectivity index (χ0) is 18.4. The number of carbonyl (C=O) groups is 1. The number of likely N-dealkylation sites (N-methyl/N-ethyl adjacent to an activating group) is 1. The Labute approximate surface area is 143 Å². The van der Waals surface area contributed by atoms with Crippen LogP contribution in [0.3, 0.4) is 0 Å². The molecule has 8 heteroatoms. The molecule has 25 heavy (non-hydrogen) atoms. The van der Waals surface area contributed by atoms with Crippen LogP contribution in [-0.2, 0) is 6.18 Å². The van der Waals surface area contributed by atoms with Crippen molar-refractivity contribution in [1.29, 1.82) is 0 Å². The summed E-state index contributed by atoms with van der Waals surface area (Å²) in [5.74, 6) is -0.147. The van der Waals surface area contributed by atoms with Gasteiger partial charge in [-0.1, -0.05) is 13.8 Å². The molecule has 1 aromatic carbocycles. The normalized spacial score (nSPS) is 16.8. The molecule has 2 aromatic rings. The van der Waals surface area contributed by atoms with Crippen LogP contribution >= 0.6 is 0 Å². The van der Waals surface area contributed by atoms with Crippen molar-refractivity contribution in [2.75, 3.05) is 33.2 Å². The lowest BCUT2D eigenvalue weighted by Gasteiger charge is -2.33. The number of nitrogens with one attached hydrogen (secondary N) is 1. The number of alkyl halides is 3. The van der Waals surface area contributed by atoms with Crippen LogP contribution < -0.4 is 0 Å². The number of aromatic nitrogens is 2. The van der Waals surface area contributed by atoms with Gasteiger partial charge in [-0.2, -0.15) is 13.2 Å². The average Bonchev–Trinajstić information content (AvgIpc) is 2.97. The van der Waals surface area contributed by atoms with Gasteiger partial charge in [0.25, 0.3) is 5.91 Å². The lowest BCUT2D eigenvalue weighted by atomic mass is 10.0. The van der Waals surface area contributed by atoms with Gasteiger partial charge in [0.1, 0.15) is 11.3 Å². The molecule has 1 aliphatic rings. The van der Waals surface area contributed by atoms with E-state index in [0.29, 0.717) is 37.5 Å². The van der Waals surface area contributed by atoms with E-state index in [1.54, 1.807) is 0 Å². The van der Waals surface area contributed by atoms with Crippen molar-refractivity contribution in [2.24, 2.45) is 0 Å². The molecule has 0 radical (unpaired) electrons. The number of fused-ring (bicyclic) bond motifs is 1. The van der Waals surface area contributed by atoms with Crippen LogP contribution in [0.4, 0.5) is 13.2 Å². The van der Waals surface area contributed by atoms with Crippen molar-refractivity contribution in [3.05, 3.63) is 29.1 Å². The number of piperazine rings is 1. The van der Waals surface area contributed by atoms with Gasteiger partial charge in [-0.05, 0) is 19.2 Å². The first-order valence-electron chi connectivity index (χ1n) is 8.26. The summed E-state index contributed by atoms with van der Waals surface area (Å²) in [6.45, 7) is 5.83. The molecular formula is C17H21F3N4O. The molecule has 0 unspecified atom stereocenters. The summed E-state index contributed by atoms with van der Waals surface area (Å²) in [5, 5.41) is 0. The Kier molecular flexibility index (Phi) is 4.49. The number of amides is 1. The highest BCUT2D eigenvalue weighted by atomic mass is 19.4. The van der Waals surface area contributed by atoms with Crippen molar-refractivity contribution < 1.29 is 18.0 Å². The maximum Gasteiger partial charge on any atom is 0.419 e. The van der Waals surface area contributed by atoms with Crippen LogP contribution in [0.2, 0.25) is 0 Å². The first kappa shape index (κ1) is 17.7. The fraction of sp³-hybridized carbons (Fsp3) is 0.529. The van der Waals surface area contributed by atoms with Crippen molar-refractivity contribution in [2.45, 2.75) is 25.9 Å². The van der Waals surface area contributed by atoms with E-state index in [0.717, 1.165) is 0 Å². The smallest absolute Gasteiger partial charge is 0.342 e. The van der Waals surface area contributed by atoms with Gasteiger partial charge in [0.05, 0.1) is 16.6 Å². The number of imidazole rings is 1. The van der Waals surface area contributed by atoms with E-state index in [1.165, 1.54) is 17.0 Å². The Balaban J connectivity index is 2.09. The predicted octanol–water partition coefficient (Wildman–Crippen LogP) is 3.09. The van der Waals surface area contributed by atoms with Crippen LogP contribution in [-0.4, -0.2) is 58.9 Å². The van der Waals surface area contributed by atoms with E-state index >= 15 is 0 Å². The number of hydrogen-bond donors (Lipinski definition) is 1. The molecular weight excluding hydrogens is 333 g/mol. The Morgan fingerprint density at radius 1 is 1.20 bits per heavy atom. The van der Waals surface area contributed by atoms with Gasteiger partial charge in [-0.15, -0.1) is 0 Å². The molecule has 1 saturated heterocycles. The van der Waals surface area contributed by atoms with E-state index in [1.807, 2.05) is 25.8 Å². The van der Waals surface area contributed by atoms with Crippen molar-refractivity contribution in [1.82, 2.24) is 19.8 Å². The lowest BCUT2D eigenvalue weighted by molar-refractivity contribution is -0.136. The monoisotopic (exact) mass is 354 g/mol. The SMILES string of the molecule is CC(C)c1nc2c(C(F)(F)F)c(C(=O)N3CCN(C)CC3)ccc2[nH]1. The zero-order valence-electron chi connectivity index (χ0n) is 14.4. The number of H-pyrrole nitrogens is 1. The van der Waals surface area contributed by atoms with Crippen LogP contribution in [0.1, 0.15) is 41.5 Å². The molecule has 0 bridgehead atoms. The third-order valence-electron chi connectivity index (χ3n) is 4.52. The summed E-state index contributed by atoms with van der Waals surface area (Å²) in [4.78, 5) is 23.3. The van der Waals surface area contributed by atoms with Crippen molar-refractivity contribution in [3.63, 3.8) is 0 Å². The molecule has 0 saturated carbocycles. The van der Waals surface area contributed by atoms with Gasteiger partial charge in [0.2, 0.25) is 0 Å². The molecule has 0 atom stereocenters. The van der Waals surface area contributed by atoms with Crippen molar-refractivity contribution >= 4 is 16.9 Å². The Bertz CT molecular complexity index is 789. The molecule has 0 aliphatic carbocycles. The van der Waals surface area contributed by atoms with E-state index in [-0.39, 0.29) is 17.0 Å². The summed E-state index contributed by atoms with van der Waals surface area (Å²) in [6, 6.07) is 2.76. The first-order valence-corrected chi connectivity index (χ1v) is 8.26. The topological polar surface area (TPSA) is 52.2 Å². The maximum absolute atomic E-state index is 13.7. The van der Waals surface area contributed by atoms with Gasteiger partial charge in [0.15, 0.2) is 0 Å². The van der Waals surface area contributed by atoms with E-state index in [4.69, 9.17) is 0 Å². The summed E-state index contributed by atoms with van der Waals surface area (Å²) in [6.07, 6.45) is -4.65. The third kappa shape index (κ3) is 3.35. The largest absolute Gasteiger partial charge is 0.419 e. The average molecular weight is 354 g/mol. The second-order valence-electron chi connectivity index (χ2n) is 6.75. The minimum atomic E-state index is -4.65. The number of hydrogen-bond acceptors (Lipinski definition) is 3. The number of rotatable bonds is 2. The Hall–Kier alpha value is -2.09. The summed E-state index contributed by atoms with van der Waals surface area (Å²) >= 11 is 0.